The Morgan fingerprint density at radius 2 is 1.88 bits per heavy atom. The fourth-order valence-corrected chi connectivity index (χ4v) is 1.59. The normalized spacial score (nSPS) is 10.1. The van der Waals surface area contributed by atoms with Gasteiger partial charge in [-0.1, -0.05) is 23.7 Å². The number of anilines is 3. The van der Waals surface area contributed by atoms with Gasteiger partial charge in [-0.05, 0) is 30.3 Å². The molecule has 0 aliphatic rings. The Morgan fingerprint density at radius 1 is 1.12 bits per heavy atom. The molecule has 0 unspecified atom stereocenters. The van der Waals surface area contributed by atoms with E-state index in [-0.39, 0.29) is 5.82 Å². The number of hydrogen-bond acceptors (Lipinski definition) is 2. The van der Waals surface area contributed by atoms with E-state index in [1.807, 2.05) is 18.2 Å². The monoisotopic (exact) mass is 236 g/mol. The molecule has 0 saturated heterocycles. The first-order valence-electron chi connectivity index (χ1n) is 4.73. The molecule has 0 saturated carbocycles. The summed E-state index contributed by atoms with van der Waals surface area (Å²) in [4.78, 5) is 0. The van der Waals surface area contributed by atoms with Crippen molar-refractivity contribution in [1.82, 2.24) is 0 Å². The molecule has 82 valence electrons. The maximum Gasteiger partial charge on any atom is 0.127 e. The zero-order chi connectivity index (χ0) is 11.5. The van der Waals surface area contributed by atoms with Crippen molar-refractivity contribution in [3.8, 4) is 0 Å². The molecule has 2 rings (SSSR count). The molecule has 16 heavy (non-hydrogen) atoms. The van der Waals surface area contributed by atoms with E-state index in [0.717, 1.165) is 0 Å². The lowest BCUT2D eigenvalue weighted by Gasteiger charge is -2.08. The van der Waals surface area contributed by atoms with E-state index in [1.165, 1.54) is 12.1 Å². The number of nitrogens with one attached hydrogen (secondary N) is 1. The molecular formula is C12H10ClFN2. The Kier molecular flexibility index (Phi) is 2.97. The van der Waals surface area contributed by atoms with Crippen LogP contribution in [0.1, 0.15) is 0 Å². The summed E-state index contributed by atoms with van der Waals surface area (Å²) >= 11 is 5.97. The highest BCUT2D eigenvalue weighted by Gasteiger charge is 2.01. The molecule has 2 aromatic carbocycles. The third-order valence-electron chi connectivity index (χ3n) is 2.07. The molecule has 0 radical (unpaired) electrons. The third kappa shape index (κ3) is 2.44. The minimum absolute atomic E-state index is 0.370. The summed E-state index contributed by atoms with van der Waals surface area (Å²) in [5.74, 6) is -0.380. The van der Waals surface area contributed by atoms with Crippen molar-refractivity contribution in [2.45, 2.75) is 0 Å². The Morgan fingerprint density at radius 3 is 2.56 bits per heavy atom. The topological polar surface area (TPSA) is 38.0 Å². The molecule has 0 amide bonds. The van der Waals surface area contributed by atoms with Crippen LogP contribution >= 0.6 is 11.6 Å². The summed E-state index contributed by atoms with van der Waals surface area (Å²) in [6.07, 6.45) is 0. The highest BCUT2D eigenvalue weighted by Crippen LogP contribution is 2.26. The first-order chi connectivity index (χ1) is 7.65. The fraction of sp³-hybridized carbons (Fsp3) is 0. The molecule has 0 aromatic heterocycles. The second kappa shape index (κ2) is 4.41. The van der Waals surface area contributed by atoms with Gasteiger partial charge in [0.25, 0.3) is 0 Å². The molecule has 0 atom stereocenters. The Bertz CT molecular complexity index is 494. The largest absolute Gasteiger partial charge is 0.399 e. The van der Waals surface area contributed by atoms with E-state index < -0.39 is 0 Å². The van der Waals surface area contributed by atoms with Crippen LogP contribution in [0.4, 0.5) is 21.5 Å². The molecule has 0 heterocycles. The predicted octanol–water partition coefficient (Wildman–Crippen LogP) is 3.80. The molecule has 0 aliphatic heterocycles. The molecular weight excluding hydrogens is 227 g/mol. The SMILES string of the molecule is Nc1cc(F)cc(Nc2ccccc2Cl)c1. The number of halogens is 2. The van der Waals surface area contributed by atoms with Crippen LogP contribution in [0.2, 0.25) is 5.02 Å². The smallest absolute Gasteiger partial charge is 0.127 e. The number of nitrogens with two attached hydrogens (primary N) is 1. The summed E-state index contributed by atoms with van der Waals surface area (Å²) in [5, 5.41) is 3.58. The van der Waals surface area contributed by atoms with Gasteiger partial charge >= 0.3 is 0 Å². The van der Waals surface area contributed by atoms with E-state index in [1.54, 1.807) is 12.1 Å². The summed E-state index contributed by atoms with van der Waals surface area (Å²) in [5.41, 5.74) is 7.20. The molecule has 3 N–H and O–H groups in total. The fourth-order valence-electron chi connectivity index (χ4n) is 1.40. The van der Waals surface area contributed by atoms with Gasteiger partial charge < -0.3 is 11.1 Å². The Labute approximate surface area is 97.8 Å². The highest BCUT2D eigenvalue weighted by atomic mass is 35.5. The van der Waals surface area contributed by atoms with E-state index >= 15 is 0 Å². The van der Waals surface area contributed by atoms with Gasteiger partial charge in [0.2, 0.25) is 0 Å². The summed E-state index contributed by atoms with van der Waals surface area (Å²) in [7, 11) is 0. The van der Waals surface area contributed by atoms with E-state index in [0.29, 0.717) is 22.1 Å². The van der Waals surface area contributed by atoms with Gasteiger partial charge in [0.05, 0.1) is 10.7 Å². The van der Waals surface area contributed by atoms with Crippen molar-refractivity contribution in [3.05, 3.63) is 53.3 Å². The van der Waals surface area contributed by atoms with Gasteiger partial charge in [0, 0.05) is 11.4 Å². The van der Waals surface area contributed by atoms with Crippen molar-refractivity contribution < 1.29 is 4.39 Å². The minimum atomic E-state index is -0.380. The van der Waals surface area contributed by atoms with Crippen molar-refractivity contribution in [2.75, 3.05) is 11.1 Å². The van der Waals surface area contributed by atoms with Crippen LogP contribution in [0.15, 0.2) is 42.5 Å². The second-order valence-corrected chi connectivity index (χ2v) is 3.79. The van der Waals surface area contributed by atoms with Crippen LogP contribution in [0.25, 0.3) is 0 Å². The van der Waals surface area contributed by atoms with Crippen molar-refractivity contribution in [2.24, 2.45) is 0 Å². The molecule has 0 spiro atoms. The Balaban J connectivity index is 2.30. The predicted molar refractivity (Wildman–Crippen MR) is 65.5 cm³/mol. The maximum atomic E-state index is 13.1. The summed E-state index contributed by atoms with van der Waals surface area (Å²) < 4.78 is 13.1. The van der Waals surface area contributed by atoms with Crippen LogP contribution in [0.3, 0.4) is 0 Å². The van der Waals surface area contributed by atoms with Crippen molar-refractivity contribution in [3.63, 3.8) is 0 Å². The third-order valence-corrected chi connectivity index (χ3v) is 2.40. The van der Waals surface area contributed by atoms with E-state index in [9.17, 15) is 4.39 Å². The molecule has 0 bridgehead atoms. The van der Waals surface area contributed by atoms with E-state index in [2.05, 4.69) is 5.32 Å². The first-order valence-corrected chi connectivity index (χ1v) is 5.10. The average Bonchev–Trinajstić information content (AvgIpc) is 2.20. The van der Waals surface area contributed by atoms with Crippen molar-refractivity contribution in [1.29, 1.82) is 0 Å². The van der Waals surface area contributed by atoms with Crippen LogP contribution < -0.4 is 11.1 Å². The van der Waals surface area contributed by atoms with Gasteiger partial charge in [-0.2, -0.15) is 0 Å². The second-order valence-electron chi connectivity index (χ2n) is 3.38. The molecule has 4 heteroatoms. The molecule has 0 fully saturated rings. The lowest BCUT2D eigenvalue weighted by atomic mass is 10.2. The zero-order valence-corrected chi connectivity index (χ0v) is 9.13. The standard InChI is InChI=1S/C12H10ClFN2/c13-11-3-1-2-4-12(11)16-10-6-8(14)5-9(15)7-10/h1-7,16H,15H2. The highest BCUT2D eigenvalue weighted by molar-refractivity contribution is 6.33. The van der Waals surface area contributed by atoms with Gasteiger partial charge in [-0.3, -0.25) is 0 Å². The van der Waals surface area contributed by atoms with Gasteiger partial charge in [-0.15, -0.1) is 0 Å². The lowest BCUT2D eigenvalue weighted by Crippen LogP contribution is -1.94. The van der Waals surface area contributed by atoms with Crippen LogP contribution in [0, 0.1) is 5.82 Å². The Hall–Kier alpha value is -1.74. The minimum Gasteiger partial charge on any atom is -0.399 e. The van der Waals surface area contributed by atoms with E-state index in [4.69, 9.17) is 17.3 Å². The molecule has 0 aliphatic carbocycles. The van der Waals surface area contributed by atoms with Gasteiger partial charge in [-0.25, -0.2) is 4.39 Å². The lowest BCUT2D eigenvalue weighted by molar-refractivity contribution is 0.629. The van der Waals surface area contributed by atoms with Crippen LogP contribution in [-0.2, 0) is 0 Å². The average molecular weight is 237 g/mol. The quantitative estimate of drug-likeness (QED) is 0.779. The summed E-state index contributed by atoms with van der Waals surface area (Å²) in [6, 6.07) is 11.5. The number of rotatable bonds is 2. The summed E-state index contributed by atoms with van der Waals surface area (Å²) in [6.45, 7) is 0. The van der Waals surface area contributed by atoms with Crippen LogP contribution in [0.5, 0.6) is 0 Å². The number of nitrogen functional groups attached to an aromatic ring is 1. The molecule has 2 nitrogen and oxygen atoms in total. The number of hydrogen-bond donors (Lipinski definition) is 2. The molecule has 2 aromatic rings. The van der Waals surface area contributed by atoms with Crippen LogP contribution in [-0.4, -0.2) is 0 Å². The van der Waals surface area contributed by atoms with Gasteiger partial charge in [0.15, 0.2) is 0 Å². The number of benzene rings is 2. The van der Waals surface area contributed by atoms with Crippen molar-refractivity contribution >= 4 is 28.7 Å². The maximum absolute atomic E-state index is 13.1. The zero-order valence-electron chi connectivity index (χ0n) is 8.37. The first kappa shape index (κ1) is 10.8. The number of para-hydroxylation sites is 1. The van der Waals surface area contributed by atoms with Gasteiger partial charge in [0.1, 0.15) is 5.82 Å².